The number of nitrogens with one attached hydrogen (secondary N) is 1. The number of anilines is 1. The van der Waals surface area contributed by atoms with Crippen molar-refractivity contribution in [2.75, 3.05) is 12.4 Å². The first kappa shape index (κ1) is 15.0. The Labute approximate surface area is 128 Å². The Morgan fingerprint density at radius 3 is 2.30 bits per heavy atom. The molecule has 6 heteroatoms. The maximum Gasteiger partial charge on any atom is 0.159 e. The number of halogens is 1. The minimum Gasteiger partial charge on any atom is -0.373 e. The normalized spacial score (nSPS) is 11.8. The van der Waals surface area contributed by atoms with E-state index in [9.17, 15) is 0 Å². The zero-order chi connectivity index (χ0) is 15.1. The third-order valence-corrected chi connectivity index (χ3v) is 4.21. The van der Waals surface area contributed by atoms with Gasteiger partial charge in [0.1, 0.15) is 11.6 Å². The highest BCUT2D eigenvalue weighted by Crippen LogP contribution is 2.25. The Kier molecular flexibility index (Phi) is 3.86. The van der Waals surface area contributed by atoms with Crippen LogP contribution in [-0.2, 0) is 5.41 Å². The van der Waals surface area contributed by atoms with Gasteiger partial charge in [0, 0.05) is 18.5 Å². The van der Waals surface area contributed by atoms with E-state index in [1.807, 2.05) is 31.6 Å². The molecule has 0 aliphatic heterocycles. The Morgan fingerprint density at radius 1 is 1.20 bits per heavy atom. The van der Waals surface area contributed by atoms with Crippen LogP contribution in [0.4, 0.5) is 5.82 Å². The van der Waals surface area contributed by atoms with Crippen molar-refractivity contribution < 1.29 is 0 Å². The monoisotopic (exact) mass is 337 g/mol. The molecule has 2 aromatic heterocycles. The van der Waals surface area contributed by atoms with Gasteiger partial charge in [-0.25, -0.2) is 14.6 Å². The molecular formula is C14H20BrN5. The molecule has 0 aromatic carbocycles. The van der Waals surface area contributed by atoms with Crippen molar-refractivity contribution in [1.29, 1.82) is 0 Å². The first-order valence-corrected chi connectivity index (χ1v) is 7.32. The summed E-state index contributed by atoms with van der Waals surface area (Å²) >= 11 is 3.55. The standard InChI is InChI=1S/C14H20BrN5/c1-8-12(15)9(2)20(19-8)11-7-10(16-6)17-13(18-11)14(3,4)5/h7H,1-6H3,(H,16,17,18). The summed E-state index contributed by atoms with van der Waals surface area (Å²) in [5.41, 5.74) is 1.86. The second kappa shape index (κ2) is 5.16. The lowest BCUT2D eigenvalue weighted by Gasteiger charge is -2.18. The van der Waals surface area contributed by atoms with Gasteiger partial charge in [-0.3, -0.25) is 0 Å². The lowest BCUT2D eigenvalue weighted by atomic mass is 9.96. The van der Waals surface area contributed by atoms with Gasteiger partial charge in [0.05, 0.1) is 15.9 Å². The third-order valence-electron chi connectivity index (χ3n) is 3.06. The van der Waals surface area contributed by atoms with Crippen LogP contribution in [0.2, 0.25) is 0 Å². The summed E-state index contributed by atoms with van der Waals surface area (Å²) in [6, 6.07) is 1.90. The van der Waals surface area contributed by atoms with E-state index < -0.39 is 0 Å². The maximum absolute atomic E-state index is 4.67. The molecule has 0 saturated heterocycles. The van der Waals surface area contributed by atoms with E-state index in [4.69, 9.17) is 0 Å². The van der Waals surface area contributed by atoms with Crippen molar-refractivity contribution in [3.8, 4) is 5.82 Å². The fraction of sp³-hybridized carbons (Fsp3) is 0.500. The largest absolute Gasteiger partial charge is 0.373 e. The topological polar surface area (TPSA) is 55.6 Å². The van der Waals surface area contributed by atoms with Gasteiger partial charge in [-0.05, 0) is 29.8 Å². The van der Waals surface area contributed by atoms with Crippen LogP contribution >= 0.6 is 15.9 Å². The molecule has 5 nitrogen and oxygen atoms in total. The van der Waals surface area contributed by atoms with Gasteiger partial charge < -0.3 is 5.32 Å². The lowest BCUT2D eigenvalue weighted by molar-refractivity contribution is 0.542. The van der Waals surface area contributed by atoms with E-state index in [-0.39, 0.29) is 5.41 Å². The van der Waals surface area contributed by atoms with E-state index in [1.54, 1.807) is 0 Å². The molecular weight excluding hydrogens is 318 g/mol. The van der Waals surface area contributed by atoms with Crippen LogP contribution in [0.15, 0.2) is 10.5 Å². The van der Waals surface area contributed by atoms with Crippen molar-refractivity contribution in [2.45, 2.75) is 40.0 Å². The fourth-order valence-corrected chi connectivity index (χ4v) is 2.10. The number of hydrogen-bond acceptors (Lipinski definition) is 4. The molecule has 0 radical (unpaired) electrons. The number of hydrogen-bond donors (Lipinski definition) is 1. The van der Waals surface area contributed by atoms with Crippen LogP contribution in [-0.4, -0.2) is 26.8 Å². The predicted octanol–water partition coefficient (Wildman–Crippen LogP) is 3.38. The average Bonchev–Trinajstić information content (AvgIpc) is 2.65. The fourth-order valence-electron chi connectivity index (χ4n) is 1.85. The third kappa shape index (κ3) is 2.70. The van der Waals surface area contributed by atoms with Crippen LogP contribution in [0.1, 0.15) is 38.0 Å². The Bertz CT molecular complexity index is 640. The Hall–Kier alpha value is -1.43. The summed E-state index contributed by atoms with van der Waals surface area (Å²) in [6.07, 6.45) is 0. The van der Waals surface area contributed by atoms with E-state index in [1.165, 1.54) is 0 Å². The molecule has 20 heavy (non-hydrogen) atoms. The number of rotatable bonds is 2. The highest BCUT2D eigenvalue weighted by molar-refractivity contribution is 9.10. The van der Waals surface area contributed by atoms with Crippen molar-refractivity contribution in [3.63, 3.8) is 0 Å². The van der Waals surface area contributed by atoms with Gasteiger partial charge in [-0.1, -0.05) is 20.8 Å². The first-order valence-electron chi connectivity index (χ1n) is 6.53. The zero-order valence-corrected chi connectivity index (χ0v) is 14.3. The highest BCUT2D eigenvalue weighted by Gasteiger charge is 2.20. The van der Waals surface area contributed by atoms with Gasteiger partial charge in [-0.15, -0.1) is 0 Å². The quantitative estimate of drug-likeness (QED) is 0.912. The first-order chi connectivity index (χ1) is 9.24. The zero-order valence-electron chi connectivity index (χ0n) is 12.7. The summed E-state index contributed by atoms with van der Waals surface area (Å²) < 4.78 is 2.86. The number of aryl methyl sites for hydroxylation is 1. The summed E-state index contributed by atoms with van der Waals surface area (Å²) in [5.74, 6) is 2.37. The summed E-state index contributed by atoms with van der Waals surface area (Å²) in [6.45, 7) is 10.3. The molecule has 2 heterocycles. The van der Waals surface area contributed by atoms with Crippen molar-refractivity contribution in [1.82, 2.24) is 19.7 Å². The minimum atomic E-state index is -0.116. The molecule has 0 fully saturated rings. The van der Waals surface area contributed by atoms with E-state index in [2.05, 4.69) is 57.1 Å². The minimum absolute atomic E-state index is 0.116. The van der Waals surface area contributed by atoms with Crippen molar-refractivity contribution in [2.24, 2.45) is 0 Å². The van der Waals surface area contributed by atoms with Crippen LogP contribution < -0.4 is 5.32 Å². The Morgan fingerprint density at radius 2 is 1.85 bits per heavy atom. The number of nitrogens with zero attached hydrogens (tertiary/aromatic N) is 4. The molecule has 0 aliphatic carbocycles. The summed E-state index contributed by atoms with van der Waals surface area (Å²) in [4.78, 5) is 9.20. The molecule has 0 aliphatic rings. The molecule has 0 amide bonds. The van der Waals surface area contributed by atoms with Gasteiger partial charge in [0.2, 0.25) is 0 Å². The second-order valence-electron chi connectivity index (χ2n) is 5.83. The predicted molar refractivity (Wildman–Crippen MR) is 84.6 cm³/mol. The lowest BCUT2D eigenvalue weighted by Crippen LogP contribution is -2.19. The molecule has 0 atom stereocenters. The van der Waals surface area contributed by atoms with Gasteiger partial charge in [0.15, 0.2) is 5.82 Å². The van der Waals surface area contributed by atoms with Gasteiger partial charge in [0.25, 0.3) is 0 Å². The average molecular weight is 338 g/mol. The molecule has 1 N–H and O–H groups in total. The Balaban J connectivity index is 2.64. The molecule has 0 bridgehead atoms. The van der Waals surface area contributed by atoms with Crippen molar-refractivity contribution >= 4 is 21.7 Å². The molecule has 2 rings (SSSR count). The van der Waals surface area contributed by atoms with Crippen LogP contribution in [0.5, 0.6) is 0 Å². The van der Waals surface area contributed by atoms with Crippen LogP contribution in [0.3, 0.4) is 0 Å². The molecule has 0 saturated carbocycles. The van der Waals surface area contributed by atoms with E-state index >= 15 is 0 Å². The van der Waals surface area contributed by atoms with E-state index in [0.717, 1.165) is 33.3 Å². The highest BCUT2D eigenvalue weighted by atomic mass is 79.9. The summed E-state index contributed by atoms with van der Waals surface area (Å²) in [5, 5.41) is 7.62. The van der Waals surface area contributed by atoms with Crippen molar-refractivity contribution in [3.05, 3.63) is 27.8 Å². The SMILES string of the molecule is CNc1cc(-n2nc(C)c(Br)c2C)nc(C(C)(C)C)n1. The maximum atomic E-state index is 4.67. The molecule has 0 spiro atoms. The van der Waals surface area contributed by atoms with Crippen LogP contribution in [0, 0.1) is 13.8 Å². The smallest absolute Gasteiger partial charge is 0.159 e. The van der Waals surface area contributed by atoms with Gasteiger partial charge in [-0.2, -0.15) is 5.10 Å². The second-order valence-corrected chi connectivity index (χ2v) is 6.62. The van der Waals surface area contributed by atoms with Crippen LogP contribution in [0.25, 0.3) is 5.82 Å². The van der Waals surface area contributed by atoms with E-state index in [0.29, 0.717) is 0 Å². The summed E-state index contributed by atoms with van der Waals surface area (Å²) in [7, 11) is 1.86. The molecule has 2 aromatic rings. The number of aromatic nitrogens is 4. The molecule has 0 unspecified atom stereocenters. The van der Waals surface area contributed by atoms with Gasteiger partial charge >= 0.3 is 0 Å². The molecule has 108 valence electrons.